The molecule has 0 aliphatic heterocycles. The smallest absolute Gasteiger partial charge is 0.125 e. The van der Waals surface area contributed by atoms with Gasteiger partial charge >= 0.3 is 0 Å². The second-order valence-corrected chi connectivity index (χ2v) is 3.00. The molecule has 0 spiro atoms. The fraction of sp³-hybridized carbons (Fsp3) is 0.200. The molecule has 0 saturated heterocycles. The number of nitrogens with zero attached hydrogens (tertiary/aromatic N) is 2. The Kier molecular flexibility index (Phi) is 3.79. The van der Waals surface area contributed by atoms with Gasteiger partial charge in [-0.15, -0.1) is 0 Å². The first kappa shape index (κ1) is 11.2. The molecule has 0 aliphatic rings. The van der Waals surface area contributed by atoms with Crippen LogP contribution in [0.25, 0.3) is 0 Å². The minimum absolute atomic E-state index is 0.333. The van der Waals surface area contributed by atoms with E-state index in [1.807, 2.05) is 0 Å². The third kappa shape index (κ3) is 3.38. The van der Waals surface area contributed by atoms with Crippen LogP contribution in [-0.2, 0) is 0 Å². The van der Waals surface area contributed by atoms with Crippen molar-refractivity contribution in [3.8, 4) is 0 Å². The molecule has 1 rings (SSSR count). The summed E-state index contributed by atoms with van der Waals surface area (Å²) in [5, 5.41) is 15.4. The van der Waals surface area contributed by atoms with Crippen molar-refractivity contribution < 1.29 is 9.60 Å². The number of rotatable bonds is 3. The number of hydrogen-bond donors (Lipinski definition) is 2. The van der Waals surface area contributed by atoms with E-state index in [0.717, 1.165) is 0 Å². The minimum atomic E-state index is -0.333. The van der Waals surface area contributed by atoms with Crippen molar-refractivity contribution in [3.63, 3.8) is 0 Å². The van der Waals surface area contributed by atoms with Crippen LogP contribution in [0.2, 0.25) is 0 Å². The quantitative estimate of drug-likeness (QED) is 0.456. The zero-order valence-corrected chi connectivity index (χ0v) is 8.53. The van der Waals surface area contributed by atoms with Crippen molar-refractivity contribution in [1.29, 1.82) is 0 Å². The van der Waals surface area contributed by atoms with Gasteiger partial charge in [0.05, 0.1) is 17.1 Å². The van der Waals surface area contributed by atoms with Crippen LogP contribution in [0.3, 0.4) is 0 Å². The van der Waals surface area contributed by atoms with Crippen LogP contribution >= 0.6 is 0 Å². The van der Waals surface area contributed by atoms with E-state index >= 15 is 0 Å². The third-order valence-electron chi connectivity index (χ3n) is 1.85. The predicted molar refractivity (Wildman–Crippen MR) is 58.0 cm³/mol. The van der Waals surface area contributed by atoms with Crippen LogP contribution in [0.15, 0.2) is 34.5 Å². The van der Waals surface area contributed by atoms with Gasteiger partial charge in [0.1, 0.15) is 5.82 Å². The first-order valence-corrected chi connectivity index (χ1v) is 4.38. The number of oxime groups is 1. The zero-order chi connectivity index (χ0) is 11.3. The number of nitrogens with one attached hydrogen (secondary N) is 1. The molecular formula is C10H12FN3O. The van der Waals surface area contributed by atoms with Crippen LogP contribution in [0.5, 0.6) is 0 Å². The average Bonchev–Trinajstić information content (AvgIpc) is 2.25. The lowest BCUT2D eigenvalue weighted by Gasteiger charge is -2.01. The first-order chi connectivity index (χ1) is 7.13. The van der Waals surface area contributed by atoms with Gasteiger partial charge in [0.15, 0.2) is 0 Å². The Hall–Kier alpha value is -1.91. The number of hydrogen-bond acceptors (Lipinski definition) is 4. The van der Waals surface area contributed by atoms with Crippen LogP contribution in [0.1, 0.15) is 13.8 Å². The molecule has 0 fully saturated rings. The molecule has 0 amide bonds. The second-order valence-electron chi connectivity index (χ2n) is 3.00. The van der Waals surface area contributed by atoms with Gasteiger partial charge in [-0.05, 0) is 32.0 Å². The lowest BCUT2D eigenvalue weighted by molar-refractivity contribution is 0.320. The molecule has 4 nitrogen and oxygen atoms in total. The summed E-state index contributed by atoms with van der Waals surface area (Å²) in [5.41, 5.74) is 4.13. The van der Waals surface area contributed by atoms with E-state index in [0.29, 0.717) is 17.1 Å². The normalized spacial score (nSPS) is 12.7. The molecule has 15 heavy (non-hydrogen) atoms. The zero-order valence-electron chi connectivity index (χ0n) is 8.53. The summed E-state index contributed by atoms with van der Waals surface area (Å²) in [6, 6.07) is 5.94. The lowest BCUT2D eigenvalue weighted by atomic mass is 10.3. The highest BCUT2D eigenvalue weighted by molar-refractivity contribution is 6.40. The monoisotopic (exact) mass is 209 g/mol. The SMILES string of the molecule is CC(=N\O)/C(C)=N/Nc1cccc(F)c1. The Balaban J connectivity index is 2.72. The summed E-state index contributed by atoms with van der Waals surface area (Å²) in [6.07, 6.45) is 0. The molecule has 80 valence electrons. The Morgan fingerprint density at radius 3 is 2.67 bits per heavy atom. The average molecular weight is 209 g/mol. The molecule has 0 saturated carbocycles. The molecule has 1 aromatic rings. The van der Waals surface area contributed by atoms with Crippen molar-refractivity contribution >= 4 is 17.1 Å². The maximum atomic E-state index is 12.8. The van der Waals surface area contributed by atoms with E-state index < -0.39 is 0 Å². The third-order valence-corrected chi connectivity index (χ3v) is 1.85. The molecular weight excluding hydrogens is 197 g/mol. The van der Waals surface area contributed by atoms with Crippen LogP contribution in [0, 0.1) is 5.82 Å². The van der Waals surface area contributed by atoms with Crippen molar-refractivity contribution in [2.45, 2.75) is 13.8 Å². The summed E-state index contributed by atoms with van der Waals surface area (Å²) >= 11 is 0. The molecule has 2 N–H and O–H groups in total. The van der Waals surface area contributed by atoms with Gasteiger partial charge in [-0.2, -0.15) is 5.10 Å². The maximum Gasteiger partial charge on any atom is 0.125 e. The fourth-order valence-corrected chi connectivity index (χ4v) is 0.860. The Morgan fingerprint density at radius 1 is 1.33 bits per heavy atom. The number of benzene rings is 1. The molecule has 0 aromatic heterocycles. The lowest BCUT2D eigenvalue weighted by Crippen LogP contribution is -2.08. The molecule has 0 unspecified atom stereocenters. The van der Waals surface area contributed by atoms with Gasteiger partial charge in [0.25, 0.3) is 0 Å². The second kappa shape index (κ2) is 5.09. The van der Waals surface area contributed by atoms with Crippen LogP contribution in [0.4, 0.5) is 10.1 Å². The molecule has 0 radical (unpaired) electrons. The van der Waals surface area contributed by atoms with Crippen molar-refractivity contribution in [2.75, 3.05) is 5.43 Å². The van der Waals surface area contributed by atoms with E-state index in [4.69, 9.17) is 5.21 Å². The Labute approximate surface area is 87.1 Å². The molecule has 0 heterocycles. The van der Waals surface area contributed by atoms with E-state index in [-0.39, 0.29) is 5.82 Å². The topological polar surface area (TPSA) is 57.0 Å². The Morgan fingerprint density at radius 2 is 2.07 bits per heavy atom. The van der Waals surface area contributed by atoms with E-state index in [1.165, 1.54) is 12.1 Å². The standard InChI is InChI=1S/C10H12FN3O/c1-7(8(2)14-15)12-13-10-5-3-4-9(11)6-10/h3-6,13,15H,1-2H3/b12-7+,14-8+. The highest BCUT2D eigenvalue weighted by Gasteiger charge is 1.97. The van der Waals surface area contributed by atoms with Crippen molar-refractivity contribution in [3.05, 3.63) is 30.1 Å². The van der Waals surface area contributed by atoms with Crippen molar-refractivity contribution in [2.24, 2.45) is 10.3 Å². The molecule has 0 bridgehead atoms. The molecule has 0 atom stereocenters. The fourth-order valence-electron chi connectivity index (χ4n) is 0.860. The van der Waals surface area contributed by atoms with Crippen molar-refractivity contribution in [1.82, 2.24) is 0 Å². The summed E-state index contributed by atoms with van der Waals surface area (Å²) in [6.45, 7) is 3.30. The summed E-state index contributed by atoms with van der Waals surface area (Å²) in [7, 11) is 0. The molecule has 5 heteroatoms. The van der Waals surface area contributed by atoms with Gasteiger partial charge in [-0.3, -0.25) is 5.43 Å². The van der Waals surface area contributed by atoms with Gasteiger partial charge < -0.3 is 5.21 Å². The molecule has 0 aliphatic carbocycles. The van der Waals surface area contributed by atoms with Gasteiger partial charge in [0.2, 0.25) is 0 Å². The number of hydrazone groups is 1. The van der Waals surface area contributed by atoms with E-state index in [2.05, 4.69) is 15.7 Å². The predicted octanol–water partition coefficient (Wildman–Crippen LogP) is 2.46. The maximum absolute atomic E-state index is 12.8. The van der Waals surface area contributed by atoms with Gasteiger partial charge in [-0.25, -0.2) is 4.39 Å². The summed E-state index contributed by atoms with van der Waals surface area (Å²) in [4.78, 5) is 0. The van der Waals surface area contributed by atoms with Crippen LogP contribution < -0.4 is 5.43 Å². The summed E-state index contributed by atoms with van der Waals surface area (Å²) in [5.74, 6) is -0.333. The van der Waals surface area contributed by atoms with Gasteiger partial charge in [0, 0.05) is 0 Å². The minimum Gasteiger partial charge on any atom is -0.411 e. The first-order valence-electron chi connectivity index (χ1n) is 4.38. The van der Waals surface area contributed by atoms with E-state index in [1.54, 1.807) is 26.0 Å². The number of halogens is 1. The Bertz CT molecular complexity index is 401. The number of anilines is 1. The van der Waals surface area contributed by atoms with Gasteiger partial charge in [-0.1, -0.05) is 11.2 Å². The highest BCUT2D eigenvalue weighted by atomic mass is 19.1. The van der Waals surface area contributed by atoms with E-state index in [9.17, 15) is 4.39 Å². The molecule has 1 aromatic carbocycles. The summed E-state index contributed by atoms with van der Waals surface area (Å²) < 4.78 is 12.8. The highest BCUT2D eigenvalue weighted by Crippen LogP contribution is 2.08. The largest absolute Gasteiger partial charge is 0.411 e. The van der Waals surface area contributed by atoms with Crippen LogP contribution in [-0.4, -0.2) is 16.6 Å².